The van der Waals surface area contributed by atoms with Gasteiger partial charge in [0, 0.05) is 16.6 Å². The molecule has 4 nitrogen and oxygen atoms in total. The number of carboxylic acid groups (broad SMARTS) is 1. The Morgan fingerprint density at radius 1 is 1.39 bits per heavy atom. The molecule has 0 unspecified atom stereocenters. The van der Waals surface area contributed by atoms with E-state index in [1.165, 1.54) is 4.90 Å². The third kappa shape index (κ3) is 3.47. The number of carboxylic acids is 1. The minimum atomic E-state index is -1.03. The molecule has 0 atom stereocenters. The lowest BCUT2D eigenvalue weighted by molar-refractivity contribution is -0.138. The molecule has 0 saturated heterocycles. The molecule has 0 radical (unpaired) electrons. The molecule has 1 aromatic rings. The van der Waals surface area contributed by atoms with E-state index in [-0.39, 0.29) is 18.5 Å². The van der Waals surface area contributed by atoms with Crippen LogP contribution in [0.25, 0.3) is 0 Å². The van der Waals surface area contributed by atoms with Gasteiger partial charge in [-0.2, -0.15) is 0 Å². The van der Waals surface area contributed by atoms with Gasteiger partial charge in [0.1, 0.15) is 6.54 Å². The van der Waals surface area contributed by atoms with Gasteiger partial charge in [-0.05, 0) is 38.5 Å². The molecule has 0 spiro atoms. The Morgan fingerprint density at radius 3 is 2.44 bits per heavy atom. The highest BCUT2D eigenvalue weighted by molar-refractivity contribution is 6.31. The predicted molar refractivity (Wildman–Crippen MR) is 70.0 cm³/mol. The Morgan fingerprint density at radius 2 is 2.00 bits per heavy atom. The highest BCUT2D eigenvalue weighted by atomic mass is 35.5. The van der Waals surface area contributed by atoms with Crippen molar-refractivity contribution in [3.8, 4) is 0 Å². The van der Waals surface area contributed by atoms with Crippen LogP contribution in [0.4, 0.5) is 0 Å². The molecule has 1 amide bonds. The standard InChI is InChI=1S/C13H16ClNO3/c1-8(2)15(7-12(16)17)13(18)10-5-4-9(3)11(14)6-10/h4-6,8H,7H2,1-3H3,(H,16,17). The van der Waals surface area contributed by atoms with E-state index < -0.39 is 5.97 Å². The number of aliphatic carboxylic acids is 1. The fraction of sp³-hybridized carbons (Fsp3) is 0.385. The maximum Gasteiger partial charge on any atom is 0.323 e. The highest BCUT2D eigenvalue weighted by Gasteiger charge is 2.21. The molecule has 5 heteroatoms. The van der Waals surface area contributed by atoms with Crippen LogP contribution in [0.3, 0.4) is 0 Å². The number of hydrogen-bond donors (Lipinski definition) is 1. The number of hydrogen-bond acceptors (Lipinski definition) is 2. The molecule has 0 aliphatic heterocycles. The second kappa shape index (κ2) is 5.87. The Bertz CT molecular complexity index is 471. The van der Waals surface area contributed by atoms with Crippen molar-refractivity contribution in [1.29, 1.82) is 0 Å². The summed E-state index contributed by atoms with van der Waals surface area (Å²) in [5.41, 5.74) is 1.28. The molecule has 1 rings (SSSR count). The van der Waals surface area contributed by atoms with Gasteiger partial charge in [-0.1, -0.05) is 17.7 Å². The summed E-state index contributed by atoms with van der Waals surface area (Å²) in [6, 6.07) is 4.78. The van der Waals surface area contributed by atoms with Crippen LogP contribution in [0.1, 0.15) is 29.8 Å². The van der Waals surface area contributed by atoms with Crippen molar-refractivity contribution in [1.82, 2.24) is 4.90 Å². The van der Waals surface area contributed by atoms with Crippen LogP contribution < -0.4 is 0 Å². The summed E-state index contributed by atoms with van der Waals surface area (Å²) in [5, 5.41) is 9.31. The van der Waals surface area contributed by atoms with E-state index in [2.05, 4.69) is 0 Å². The van der Waals surface area contributed by atoms with Crippen molar-refractivity contribution >= 4 is 23.5 Å². The lowest BCUT2D eigenvalue weighted by atomic mass is 10.1. The molecule has 0 aliphatic rings. The van der Waals surface area contributed by atoms with Crippen molar-refractivity contribution in [3.63, 3.8) is 0 Å². The van der Waals surface area contributed by atoms with Crippen LogP contribution >= 0.6 is 11.6 Å². The number of carbonyl (C=O) groups excluding carboxylic acids is 1. The smallest absolute Gasteiger partial charge is 0.323 e. The molecular weight excluding hydrogens is 254 g/mol. The third-order valence-corrected chi connectivity index (χ3v) is 3.02. The van der Waals surface area contributed by atoms with E-state index >= 15 is 0 Å². The zero-order valence-corrected chi connectivity index (χ0v) is 11.4. The van der Waals surface area contributed by atoms with Crippen LogP contribution in [-0.2, 0) is 4.79 Å². The van der Waals surface area contributed by atoms with E-state index in [9.17, 15) is 9.59 Å². The zero-order valence-electron chi connectivity index (χ0n) is 10.6. The minimum Gasteiger partial charge on any atom is -0.480 e. The van der Waals surface area contributed by atoms with Gasteiger partial charge in [0.25, 0.3) is 5.91 Å². The van der Waals surface area contributed by atoms with E-state index in [0.29, 0.717) is 10.6 Å². The van der Waals surface area contributed by atoms with Crippen molar-refractivity contribution in [2.75, 3.05) is 6.54 Å². The van der Waals surface area contributed by atoms with Crippen molar-refractivity contribution in [2.45, 2.75) is 26.8 Å². The van der Waals surface area contributed by atoms with Gasteiger partial charge in [0.15, 0.2) is 0 Å². The molecule has 1 N–H and O–H groups in total. The molecular formula is C13H16ClNO3. The summed E-state index contributed by atoms with van der Waals surface area (Å²) in [6.07, 6.45) is 0. The number of aryl methyl sites for hydroxylation is 1. The Hall–Kier alpha value is -1.55. The minimum absolute atomic E-state index is 0.186. The van der Waals surface area contributed by atoms with Gasteiger partial charge in [0.2, 0.25) is 0 Å². The number of nitrogens with zero attached hydrogens (tertiary/aromatic N) is 1. The Labute approximate surface area is 111 Å². The summed E-state index contributed by atoms with van der Waals surface area (Å²) in [6.45, 7) is 5.07. The third-order valence-electron chi connectivity index (χ3n) is 2.61. The molecule has 0 saturated carbocycles. The maximum atomic E-state index is 12.2. The SMILES string of the molecule is Cc1ccc(C(=O)N(CC(=O)O)C(C)C)cc1Cl. The summed E-state index contributed by atoms with van der Waals surface area (Å²) < 4.78 is 0. The zero-order chi connectivity index (χ0) is 13.9. The summed E-state index contributed by atoms with van der Waals surface area (Å²) in [4.78, 5) is 24.2. The first-order valence-electron chi connectivity index (χ1n) is 5.62. The van der Waals surface area contributed by atoms with Gasteiger partial charge in [-0.15, -0.1) is 0 Å². The maximum absolute atomic E-state index is 12.2. The molecule has 1 aromatic carbocycles. The fourth-order valence-electron chi connectivity index (χ4n) is 1.53. The second-order valence-electron chi connectivity index (χ2n) is 4.38. The predicted octanol–water partition coefficient (Wildman–Crippen LogP) is 2.58. The molecule has 0 bridgehead atoms. The number of halogens is 1. The molecule has 0 aliphatic carbocycles. The Balaban J connectivity index is 3.02. The quantitative estimate of drug-likeness (QED) is 0.914. The summed E-state index contributed by atoms with van der Waals surface area (Å²) in [5.74, 6) is -1.36. The van der Waals surface area contributed by atoms with E-state index in [1.54, 1.807) is 32.0 Å². The lowest BCUT2D eigenvalue weighted by Crippen LogP contribution is -2.40. The average Bonchev–Trinajstić information content (AvgIpc) is 2.28. The van der Waals surface area contributed by atoms with E-state index in [4.69, 9.17) is 16.7 Å². The average molecular weight is 270 g/mol. The largest absolute Gasteiger partial charge is 0.480 e. The number of benzene rings is 1. The fourth-order valence-corrected chi connectivity index (χ4v) is 1.71. The topological polar surface area (TPSA) is 57.6 Å². The van der Waals surface area contributed by atoms with Gasteiger partial charge in [-0.3, -0.25) is 9.59 Å². The lowest BCUT2D eigenvalue weighted by Gasteiger charge is -2.25. The number of carbonyl (C=O) groups is 2. The first kappa shape index (κ1) is 14.5. The van der Waals surface area contributed by atoms with Gasteiger partial charge in [0.05, 0.1) is 0 Å². The molecule has 0 fully saturated rings. The number of rotatable bonds is 4. The normalized spacial score (nSPS) is 10.5. The molecule has 98 valence electrons. The highest BCUT2D eigenvalue weighted by Crippen LogP contribution is 2.18. The second-order valence-corrected chi connectivity index (χ2v) is 4.79. The first-order valence-corrected chi connectivity index (χ1v) is 5.99. The van der Waals surface area contributed by atoms with E-state index in [1.807, 2.05) is 6.92 Å². The van der Waals surface area contributed by atoms with Crippen molar-refractivity contribution in [3.05, 3.63) is 34.3 Å². The van der Waals surface area contributed by atoms with Crippen LogP contribution in [0, 0.1) is 6.92 Å². The molecule has 18 heavy (non-hydrogen) atoms. The van der Waals surface area contributed by atoms with Crippen molar-refractivity contribution in [2.24, 2.45) is 0 Å². The summed E-state index contributed by atoms with van der Waals surface area (Å²) in [7, 11) is 0. The first-order chi connectivity index (χ1) is 8.32. The number of amides is 1. The molecule has 0 heterocycles. The van der Waals surface area contributed by atoms with E-state index in [0.717, 1.165) is 5.56 Å². The van der Waals surface area contributed by atoms with Gasteiger partial charge in [-0.25, -0.2) is 0 Å². The Kier molecular flexibility index (Phi) is 4.73. The monoisotopic (exact) mass is 269 g/mol. The van der Waals surface area contributed by atoms with Crippen LogP contribution in [0.2, 0.25) is 5.02 Å². The molecule has 0 aromatic heterocycles. The summed E-state index contributed by atoms with van der Waals surface area (Å²) >= 11 is 5.96. The van der Waals surface area contributed by atoms with Gasteiger partial charge < -0.3 is 10.0 Å². The van der Waals surface area contributed by atoms with Crippen LogP contribution in [-0.4, -0.2) is 34.5 Å². The van der Waals surface area contributed by atoms with Crippen molar-refractivity contribution < 1.29 is 14.7 Å². The van der Waals surface area contributed by atoms with Gasteiger partial charge >= 0.3 is 5.97 Å². The van der Waals surface area contributed by atoms with Crippen LogP contribution in [0.15, 0.2) is 18.2 Å². The van der Waals surface area contributed by atoms with Crippen LogP contribution in [0.5, 0.6) is 0 Å².